The molecule has 4 aromatic rings. The molecule has 5 rings (SSSR count). The maximum absolute atomic E-state index is 4.99. The third-order valence-electron chi connectivity index (χ3n) is 5.01. The molecule has 7 heteroatoms. The minimum absolute atomic E-state index is 0.0146. The average Bonchev–Trinajstić information content (AvgIpc) is 3.23. The molecule has 0 radical (unpaired) electrons. The molecule has 2 heterocycles. The molecule has 0 amide bonds. The van der Waals surface area contributed by atoms with Crippen LogP contribution in [0.15, 0.2) is 88.4 Å². The lowest BCUT2D eigenvalue weighted by molar-refractivity contribution is 0.504. The fourth-order valence-electron chi connectivity index (χ4n) is 3.53. The van der Waals surface area contributed by atoms with Crippen molar-refractivity contribution < 1.29 is 0 Å². The molecular formula is C23H20BrN5S. The van der Waals surface area contributed by atoms with Gasteiger partial charge in [0.2, 0.25) is 5.13 Å². The topological polar surface area (TPSA) is 43.8 Å². The Balaban J connectivity index is 1.63. The Labute approximate surface area is 187 Å². The molecule has 0 fully saturated rings. The molecule has 150 valence electrons. The molecule has 1 aliphatic heterocycles. The molecule has 30 heavy (non-hydrogen) atoms. The van der Waals surface area contributed by atoms with Crippen LogP contribution in [0.5, 0.6) is 0 Å². The molecule has 5 nitrogen and oxygen atoms in total. The second kappa shape index (κ2) is 8.08. The van der Waals surface area contributed by atoms with Crippen molar-refractivity contribution in [3.05, 3.63) is 88.9 Å². The summed E-state index contributed by atoms with van der Waals surface area (Å²) in [6, 6.07) is 26.7. The van der Waals surface area contributed by atoms with Gasteiger partial charge in [-0.1, -0.05) is 76.7 Å². The number of nitrogens with zero attached hydrogens (tertiary/aromatic N) is 4. The fourth-order valence-corrected chi connectivity index (χ4v) is 4.77. The summed E-state index contributed by atoms with van der Waals surface area (Å²) in [6.45, 7) is 2.17. The van der Waals surface area contributed by atoms with Crippen LogP contribution in [0.3, 0.4) is 0 Å². The molecule has 1 aliphatic rings. The van der Waals surface area contributed by atoms with Gasteiger partial charge in [0.1, 0.15) is 6.17 Å². The van der Waals surface area contributed by atoms with Gasteiger partial charge in [0.15, 0.2) is 5.84 Å². The van der Waals surface area contributed by atoms with Gasteiger partial charge in [-0.2, -0.15) is 5.10 Å². The molecule has 0 aliphatic carbocycles. The van der Waals surface area contributed by atoms with Crippen LogP contribution in [0.25, 0.3) is 10.2 Å². The number of rotatable bonds is 4. The van der Waals surface area contributed by atoms with E-state index in [0.717, 1.165) is 38.6 Å². The molecule has 0 saturated carbocycles. The smallest absolute Gasteiger partial charge is 0.207 e. The molecule has 3 aromatic carbocycles. The van der Waals surface area contributed by atoms with Crippen molar-refractivity contribution in [2.75, 3.05) is 10.0 Å². The summed E-state index contributed by atoms with van der Waals surface area (Å²) < 4.78 is 2.22. The van der Waals surface area contributed by atoms with Gasteiger partial charge >= 0.3 is 0 Å². The molecule has 0 bridgehead atoms. The summed E-state index contributed by atoms with van der Waals surface area (Å²) in [5.74, 6) is 0.794. The van der Waals surface area contributed by atoms with E-state index < -0.39 is 0 Å². The number of hydrogen-bond acceptors (Lipinski definition) is 6. The number of halogens is 1. The lowest BCUT2D eigenvalue weighted by atomic mass is 10.2. The zero-order valence-corrected chi connectivity index (χ0v) is 18.8. The van der Waals surface area contributed by atoms with E-state index in [1.54, 1.807) is 11.3 Å². The molecule has 0 saturated heterocycles. The first-order valence-corrected chi connectivity index (χ1v) is 11.4. The molecule has 1 aromatic heterocycles. The Morgan fingerprint density at radius 3 is 2.43 bits per heavy atom. The number of hydrogen-bond donors (Lipinski definition) is 1. The highest BCUT2D eigenvalue weighted by molar-refractivity contribution is 9.10. The quantitative estimate of drug-likeness (QED) is 0.392. The number of hydrazone groups is 1. The molecule has 1 atom stereocenters. The van der Waals surface area contributed by atoms with Crippen LogP contribution < -0.4 is 15.4 Å². The van der Waals surface area contributed by atoms with Crippen LogP contribution in [0, 0.1) is 0 Å². The Kier molecular flexibility index (Phi) is 5.14. The first-order chi connectivity index (χ1) is 14.7. The lowest BCUT2D eigenvalue weighted by Gasteiger charge is -2.42. The van der Waals surface area contributed by atoms with E-state index >= 15 is 0 Å². The number of amidine groups is 1. The van der Waals surface area contributed by atoms with Gasteiger partial charge in [-0.3, -0.25) is 5.43 Å². The zero-order valence-electron chi connectivity index (χ0n) is 16.4. The predicted octanol–water partition coefficient (Wildman–Crippen LogP) is 5.99. The largest absolute Gasteiger partial charge is 0.276 e. The highest BCUT2D eigenvalue weighted by atomic mass is 79.9. The summed E-state index contributed by atoms with van der Waals surface area (Å²) in [6.07, 6.45) is 0.851. The maximum Gasteiger partial charge on any atom is 0.207 e. The summed E-state index contributed by atoms with van der Waals surface area (Å²) in [7, 11) is 0. The van der Waals surface area contributed by atoms with Crippen LogP contribution in [0.1, 0.15) is 18.9 Å². The van der Waals surface area contributed by atoms with Gasteiger partial charge in [-0.25, -0.2) is 15.0 Å². The second-order valence-electron chi connectivity index (χ2n) is 6.97. The van der Waals surface area contributed by atoms with Gasteiger partial charge in [-0.05, 0) is 42.8 Å². The lowest BCUT2D eigenvalue weighted by Crippen LogP contribution is -2.59. The average molecular weight is 478 g/mol. The van der Waals surface area contributed by atoms with Crippen LogP contribution >= 0.6 is 27.3 Å². The van der Waals surface area contributed by atoms with E-state index in [1.165, 1.54) is 4.70 Å². The first-order valence-electron chi connectivity index (χ1n) is 9.83. The van der Waals surface area contributed by atoms with E-state index in [1.807, 2.05) is 36.4 Å². The van der Waals surface area contributed by atoms with E-state index in [-0.39, 0.29) is 6.17 Å². The number of benzene rings is 3. The van der Waals surface area contributed by atoms with Gasteiger partial charge in [-0.15, -0.1) is 0 Å². The Hall–Kier alpha value is -2.90. The van der Waals surface area contributed by atoms with Crippen LogP contribution in [-0.4, -0.2) is 17.0 Å². The summed E-state index contributed by atoms with van der Waals surface area (Å²) in [5.41, 5.74) is 6.61. The number of hydrazine groups is 1. The SMILES string of the molecule is CCC1N(c2ccc(Br)cc2)N=C(c2ccccc2)NN1c1nc2ccccc2s1. The minimum atomic E-state index is -0.0146. The van der Waals surface area contributed by atoms with Crippen LogP contribution in [0.4, 0.5) is 10.8 Å². The summed E-state index contributed by atoms with van der Waals surface area (Å²) in [4.78, 5) is 4.90. The first kappa shape index (κ1) is 19.1. The zero-order chi connectivity index (χ0) is 20.5. The number of nitrogens with one attached hydrogen (secondary N) is 1. The van der Waals surface area contributed by atoms with Crippen molar-refractivity contribution in [2.45, 2.75) is 19.5 Å². The van der Waals surface area contributed by atoms with Crippen molar-refractivity contribution in [1.29, 1.82) is 0 Å². The van der Waals surface area contributed by atoms with Crippen molar-refractivity contribution in [3.63, 3.8) is 0 Å². The van der Waals surface area contributed by atoms with E-state index in [0.29, 0.717) is 0 Å². The standard InChI is InChI=1S/C23H20BrN5S/c1-2-21-28(18-14-12-17(24)13-15-18)26-22(16-8-4-3-5-9-16)27-29(21)23-25-19-10-6-7-11-20(19)30-23/h3-15,21H,2H2,1H3,(H,26,27). The molecule has 1 N–H and O–H groups in total. The molecule has 0 spiro atoms. The number of fused-ring (bicyclic) bond motifs is 1. The third-order valence-corrected chi connectivity index (χ3v) is 6.57. The monoisotopic (exact) mass is 477 g/mol. The van der Waals surface area contributed by atoms with E-state index in [9.17, 15) is 0 Å². The third kappa shape index (κ3) is 3.55. The number of aromatic nitrogens is 1. The summed E-state index contributed by atoms with van der Waals surface area (Å²) >= 11 is 5.22. The Bertz CT molecular complexity index is 1160. The molecular weight excluding hydrogens is 458 g/mol. The van der Waals surface area contributed by atoms with Crippen molar-refractivity contribution in [1.82, 2.24) is 10.4 Å². The normalized spacial score (nSPS) is 16.5. The molecule has 1 unspecified atom stereocenters. The summed E-state index contributed by atoms with van der Waals surface area (Å²) in [5, 5.41) is 10.1. The van der Waals surface area contributed by atoms with Crippen LogP contribution in [-0.2, 0) is 0 Å². The van der Waals surface area contributed by atoms with Gasteiger partial charge in [0.25, 0.3) is 0 Å². The number of thiazole rings is 1. The minimum Gasteiger partial charge on any atom is -0.276 e. The van der Waals surface area contributed by atoms with Crippen molar-refractivity contribution in [2.24, 2.45) is 5.10 Å². The van der Waals surface area contributed by atoms with E-state index in [4.69, 9.17) is 10.1 Å². The highest BCUT2D eigenvalue weighted by Gasteiger charge is 2.32. The van der Waals surface area contributed by atoms with Crippen LogP contribution in [0.2, 0.25) is 0 Å². The van der Waals surface area contributed by atoms with Gasteiger partial charge in [0, 0.05) is 10.0 Å². The fraction of sp³-hybridized carbons (Fsp3) is 0.130. The van der Waals surface area contributed by atoms with Crippen molar-refractivity contribution >= 4 is 54.1 Å². The maximum atomic E-state index is 4.99. The van der Waals surface area contributed by atoms with Gasteiger partial charge in [0.05, 0.1) is 15.9 Å². The second-order valence-corrected chi connectivity index (χ2v) is 8.90. The number of para-hydroxylation sites is 1. The van der Waals surface area contributed by atoms with E-state index in [2.05, 4.69) is 80.8 Å². The Morgan fingerprint density at radius 2 is 1.70 bits per heavy atom. The number of anilines is 2. The highest BCUT2D eigenvalue weighted by Crippen LogP contribution is 2.33. The van der Waals surface area contributed by atoms with Gasteiger partial charge < -0.3 is 0 Å². The Morgan fingerprint density at radius 1 is 0.967 bits per heavy atom. The van der Waals surface area contributed by atoms with Crippen molar-refractivity contribution in [3.8, 4) is 0 Å². The predicted molar refractivity (Wildman–Crippen MR) is 129 cm³/mol.